The molecular formula is C20H22ClN5. The van der Waals surface area contributed by atoms with Crippen molar-refractivity contribution >= 4 is 17.3 Å². The molecule has 1 aliphatic rings. The number of hydrogen-bond acceptors (Lipinski definition) is 4. The molecule has 0 atom stereocenters. The highest BCUT2D eigenvalue weighted by molar-refractivity contribution is 6.30. The highest BCUT2D eigenvalue weighted by atomic mass is 35.5. The van der Waals surface area contributed by atoms with Crippen LogP contribution in [0, 0.1) is 6.92 Å². The first-order valence-electron chi connectivity index (χ1n) is 9.06. The van der Waals surface area contributed by atoms with Gasteiger partial charge < -0.3 is 5.32 Å². The summed E-state index contributed by atoms with van der Waals surface area (Å²) in [6.07, 6.45) is 5.56. The maximum atomic E-state index is 6.04. The fraction of sp³-hybridized carbons (Fsp3) is 0.350. The number of rotatable bonds is 4. The minimum absolute atomic E-state index is 0.278. The second-order valence-electron chi connectivity index (χ2n) is 7.03. The summed E-state index contributed by atoms with van der Waals surface area (Å²) < 4.78 is 1.88. The Morgan fingerprint density at radius 2 is 1.81 bits per heavy atom. The molecule has 26 heavy (non-hydrogen) atoms. The molecule has 1 fully saturated rings. The molecular weight excluding hydrogens is 346 g/mol. The van der Waals surface area contributed by atoms with Gasteiger partial charge in [0, 0.05) is 10.7 Å². The molecule has 2 aromatic carbocycles. The van der Waals surface area contributed by atoms with E-state index in [1.165, 1.54) is 12.0 Å². The van der Waals surface area contributed by atoms with Crippen LogP contribution < -0.4 is 5.32 Å². The van der Waals surface area contributed by atoms with Gasteiger partial charge in [0.15, 0.2) is 5.82 Å². The monoisotopic (exact) mass is 367 g/mol. The highest BCUT2D eigenvalue weighted by Crippen LogP contribution is 2.39. The second-order valence-corrected chi connectivity index (χ2v) is 7.46. The molecule has 134 valence electrons. The van der Waals surface area contributed by atoms with Gasteiger partial charge in [-0.1, -0.05) is 43.0 Å². The minimum Gasteiger partial charge on any atom is -0.373 e. The Hall–Kier alpha value is -2.40. The van der Waals surface area contributed by atoms with Gasteiger partial charge >= 0.3 is 0 Å². The van der Waals surface area contributed by atoms with Crippen LogP contribution >= 0.6 is 11.6 Å². The number of nitrogens with zero attached hydrogens (tertiary/aromatic N) is 4. The molecule has 5 nitrogen and oxygen atoms in total. The van der Waals surface area contributed by atoms with Crippen molar-refractivity contribution in [3.63, 3.8) is 0 Å². The molecule has 6 heteroatoms. The number of hydrogen-bond donors (Lipinski definition) is 1. The average Bonchev–Trinajstić information content (AvgIpc) is 3.15. The highest BCUT2D eigenvalue weighted by Gasteiger charge is 2.39. The third-order valence-electron chi connectivity index (χ3n) is 5.08. The Morgan fingerprint density at radius 3 is 2.54 bits per heavy atom. The van der Waals surface area contributed by atoms with E-state index in [1.807, 2.05) is 41.1 Å². The van der Waals surface area contributed by atoms with E-state index in [9.17, 15) is 0 Å². The fourth-order valence-electron chi connectivity index (χ4n) is 3.79. The van der Waals surface area contributed by atoms with Crippen molar-refractivity contribution < 1.29 is 0 Å². The fourth-order valence-corrected chi connectivity index (χ4v) is 3.91. The molecule has 1 aliphatic carbocycles. The van der Waals surface area contributed by atoms with Gasteiger partial charge in [-0.25, -0.2) is 0 Å². The zero-order valence-corrected chi connectivity index (χ0v) is 15.6. The summed E-state index contributed by atoms with van der Waals surface area (Å²) in [6, 6.07) is 16.1. The van der Waals surface area contributed by atoms with Crippen LogP contribution in [0.4, 0.5) is 5.69 Å². The topological polar surface area (TPSA) is 55.6 Å². The van der Waals surface area contributed by atoms with Gasteiger partial charge in [-0.05, 0) is 72.2 Å². The van der Waals surface area contributed by atoms with Gasteiger partial charge in [0.05, 0.1) is 11.2 Å². The molecule has 4 rings (SSSR count). The SMILES string of the molecule is Cc1cccc(-n2nnnc2C2(Nc3ccc(Cl)cc3)CCCCC2)c1. The number of aromatic nitrogens is 4. The van der Waals surface area contributed by atoms with Gasteiger partial charge in [-0.3, -0.25) is 0 Å². The zero-order chi connectivity index (χ0) is 18.0. The van der Waals surface area contributed by atoms with Gasteiger partial charge in [-0.2, -0.15) is 4.68 Å². The first-order valence-corrected chi connectivity index (χ1v) is 9.44. The summed E-state index contributed by atoms with van der Waals surface area (Å²) in [5.41, 5.74) is 2.94. The smallest absolute Gasteiger partial charge is 0.181 e. The molecule has 0 bridgehead atoms. The lowest BCUT2D eigenvalue weighted by Gasteiger charge is -2.37. The Kier molecular flexibility index (Phi) is 4.64. The van der Waals surface area contributed by atoms with Crippen LogP contribution in [0.15, 0.2) is 48.5 Å². The summed E-state index contributed by atoms with van der Waals surface area (Å²) in [5, 5.41) is 17.2. The van der Waals surface area contributed by atoms with E-state index >= 15 is 0 Å². The van der Waals surface area contributed by atoms with Crippen molar-refractivity contribution in [3.05, 3.63) is 64.9 Å². The normalized spacial score (nSPS) is 16.4. The molecule has 1 aromatic heterocycles. The van der Waals surface area contributed by atoms with Gasteiger partial charge in [0.2, 0.25) is 0 Å². The summed E-state index contributed by atoms with van der Waals surface area (Å²) in [4.78, 5) is 0. The third-order valence-corrected chi connectivity index (χ3v) is 5.33. The molecule has 1 heterocycles. The molecule has 0 spiro atoms. The molecule has 3 aromatic rings. The lowest BCUT2D eigenvalue weighted by molar-refractivity contribution is 0.309. The Labute approximate surface area is 158 Å². The van der Waals surface area contributed by atoms with E-state index in [0.29, 0.717) is 0 Å². The van der Waals surface area contributed by atoms with E-state index < -0.39 is 0 Å². The zero-order valence-electron chi connectivity index (χ0n) is 14.8. The van der Waals surface area contributed by atoms with E-state index in [4.69, 9.17) is 11.6 Å². The molecule has 1 N–H and O–H groups in total. The van der Waals surface area contributed by atoms with Gasteiger partial charge in [0.25, 0.3) is 0 Å². The van der Waals surface area contributed by atoms with Crippen LogP contribution in [0.1, 0.15) is 43.5 Å². The standard InChI is InChI=1S/C20H22ClN5/c1-15-6-5-7-18(14-15)26-19(23-24-25-26)20(12-3-2-4-13-20)22-17-10-8-16(21)9-11-17/h5-11,14,22H,2-4,12-13H2,1H3. The summed E-state index contributed by atoms with van der Waals surface area (Å²) in [5.74, 6) is 0.873. The third kappa shape index (κ3) is 3.31. The predicted molar refractivity (Wildman–Crippen MR) is 104 cm³/mol. The molecule has 0 unspecified atom stereocenters. The van der Waals surface area contributed by atoms with Crippen molar-refractivity contribution in [2.24, 2.45) is 0 Å². The summed E-state index contributed by atoms with van der Waals surface area (Å²) in [6.45, 7) is 2.08. The van der Waals surface area contributed by atoms with Crippen LogP contribution in [0.5, 0.6) is 0 Å². The number of halogens is 1. The Morgan fingerprint density at radius 1 is 1.04 bits per heavy atom. The Bertz CT molecular complexity index is 881. The van der Waals surface area contributed by atoms with E-state index in [0.717, 1.165) is 47.9 Å². The van der Waals surface area contributed by atoms with Crippen molar-refractivity contribution in [1.82, 2.24) is 20.2 Å². The number of aryl methyl sites for hydroxylation is 1. The molecule has 0 saturated heterocycles. The van der Waals surface area contributed by atoms with Crippen LogP contribution in [-0.4, -0.2) is 20.2 Å². The minimum atomic E-state index is -0.278. The molecule has 0 amide bonds. The van der Waals surface area contributed by atoms with Gasteiger partial charge in [-0.15, -0.1) is 5.10 Å². The van der Waals surface area contributed by atoms with E-state index in [2.05, 4.69) is 39.9 Å². The predicted octanol–water partition coefficient (Wildman–Crippen LogP) is 4.90. The molecule has 0 radical (unpaired) electrons. The van der Waals surface area contributed by atoms with Crippen LogP contribution in [0.3, 0.4) is 0 Å². The van der Waals surface area contributed by atoms with E-state index in [-0.39, 0.29) is 5.54 Å². The lowest BCUT2D eigenvalue weighted by atomic mass is 9.80. The van der Waals surface area contributed by atoms with Crippen LogP contribution in [0.25, 0.3) is 5.69 Å². The number of nitrogens with one attached hydrogen (secondary N) is 1. The maximum absolute atomic E-state index is 6.04. The molecule has 0 aliphatic heterocycles. The largest absolute Gasteiger partial charge is 0.373 e. The Balaban J connectivity index is 1.76. The second kappa shape index (κ2) is 7.08. The molecule has 1 saturated carbocycles. The summed E-state index contributed by atoms with van der Waals surface area (Å²) in [7, 11) is 0. The lowest BCUT2D eigenvalue weighted by Crippen LogP contribution is -2.40. The first-order chi connectivity index (χ1) is 12.7. The average molecular weight is 368 g/mol. The van der Waals surface area contributed by atoms with E-state index in [1.54, 1.807) is 0 Å². The first kappa shape index (κ1) is 17.0. The quantitative estimate of drug-likeness (QED) is 0.712. The van der Waals surface area contributed by atoms with Crippen molar-refractivity contribution in [2.75, 3.05) is 5.32 Å². The number of benzene rings is 2. The van der Waals surface area contributed by atoms with Gasteiger partial charge in [0.1, 0.15) is 0 Å². The van der Waals surface area contributed by atoms with Crippen molar-refractivity contribution in [3.8, 4) is 5.69 Å². The number of anilines is 1. The summed E-state index contributed by atoms with van der Waals surface area (Å²) >= 11 is 6.04. The number of tetrazole rings is 1. The van der Waals surface area contributed by atoms with Crippen molar-refractivity contribution in [2.45, 2.75) is 44.6 Å². The van der Waals surface area contributed by atoms with Crippen LogP contribution in [-0.2, 0) is 5.54 Å². The van der Waals surface area contributed by atoms with Crippen LogP contribution in [0.2, 0.25) is 5.02 Å². The van der Waals surface area contributed by atoms with Crippen molar-refractivity contribution in [1.29, 1.82) is 0 Å². The maximum Gasteiger partial charge on any atom is 0.181 e.